The number of aliphatic hydroxyl groups excluding tert-OH is 1. The van der Waals surface area contributed by atoms with Gasteiger partial charge in [-0.2, -0.15) is 5.10 Å². The summed E-state index contributed by atoms with van der Waals surface area (Å²) < 4.78 is 7.63. The summed E-state index contributed by atoms with van der Waals surface area (Å²) in [6.45, 7) is 0. The Morgan fingerprint density at radius 1 is 1.41 bits per heavy atom. The molecule has 0 aliphatic rings. The number of methoxy groups -OCH3 is 1. The molecule has 0 fully saturated rings. The molecule has 0 saturated carbocycles. The Morgan fingerprint density at radius 2 is 2.18 bits per heavy atom. The highest BCUT2D eigenvalue weighted by atomic mass is 79.9. The largest absolute Gasteiger partial charge is 0.496 e. The van der Waals surface area contributed by atoms with Crippen LogP contribution >= 0.6 is 15.9 Å². The molecule has 0 bridgehead atoms. The molecular weight excluding hydrogens is 284 g/mol. The fourth-order valence-electron chi connectivity index (χ4n) is 1.63. The SMILES string of the molecule is COc1ccc(C(O)c2cnn(C)c2)cc1Br. The van der Waals surface area contributed by atoms with Gasteiger partial charge in [-0.25, -0.2) is 0 Å². The minimum Gasteiger partial charge on any atom is -0.496 e. The monoisotopic (exact) mass is 296 g/mol. The summed E-state index contributed by atoms with van der Waals surface area (Å²) in [6, 6.07) is 5.50. The molecule has 0 saturated heterocycles. The topological polar surface area (TPSA) is 47.3 Å². The number of aromatic nitrogens is 2. The van der Waals surface area contributed by atoms with E-state index in [1.54, 1.807) is 24.2 Å². The van der Waals surface area contributed by atoms with Crippen molar-refractivity contribution < 1.29 is 9.84 Å². The van der Waals surface area contributed by atoms with Crippen LogP contribution in [0.5, 0.6) is 5.75 Å². The molecule has 1 N–H and O–H groups in total. The van der Waals surface area contributed by atoms with Crippen molar-refractivity contribution in [2.24, 2.45) is 7.05 Å². The second-order valence-electron chi connectivity index (χ2n) is 3.74. The van der Waals surface area contributed by atoms with Crippen LogP contribution in [0.4, 0.5) is 0 Å². The summed E-state index contributed by atoms with van der Waals surface area (Å²) in [4.78, 5) is 0. The Morgan fingerprint density at radius 3 is 2.71 bits per heavy atom. The van der Waals surface area contributed by atoms with E-state index in [1.807, 2.05) is 25.2 Å². The summed E-state index contributed by atoms with van der Waals surface area (Å²) in [5, 5.41) is 14.2. The van der Waals surface area contributed by atoms with E-state index < -0.39 is 6.10 Å². The maximum Gasteiger partial charge on any atom is 0.133 e. The van der Waals surface area contributed by atoms with Gasteiger partial charge in [-0.3, -0.25) is 4.68 Å². The van der Waals surface area contributed by atoms with Crippen LogP contribution in [0.2, 0.25) is 0 Å². The number of ether oxygens (including phenoxy) is 1. The normalized spacial score (nSPS) is 12.5. The van der Waals surface area contributed by atoms with Crippen molar-refractivity contribution in [3.63, 3.8) is 0 Å². The Kier molecular flexibility index (Phi) is 3.49. The van der Waals surface area contributed by atoms with Crippen molar-refractivity contribution >= 4 is 15.9 Å². The fraction of sp³-hybridized carbons (Fsp3) is 0.250. The number of halogens is 1. The van der Waals surface area contributed by atoms with E-state index >= 15 is 0 Å². The first kappa shape index (κ1) is 12.1. The van der Waals surface area contributed by atoms with Gasteiger partial charge in [0.25, 0.3) is 0 Å². The smallest absolute Gasteiger partial charge is 0.133 e. The van der Waals surface area contributed by atoms with E-state index in [-0.39, 0.29) is 0 Å². The summed E-state index contributed by atoms with van der Waals surface area (Å²) in [5.41, 5.74) is 1.57. The molecule has 0 aliphatic heterocycles. The summed E-state index contributed by atoms with van der Waals surface area (Å²) in [5.74, 6) is 0.743. The number of rotatable bonds is 3. The van der Waals surface area contributed by atoms with E-state index in [1.165, 1.54) is 0 Å². The molecule has 0 aliphatic carbocycles. The lowest BCUT2D eigenvalue weighted by Crippen LogP contribution is -1.99. The zero-order valence-corrected chi connectivity index (χ0v) is 11.2. The average Bonchev–Trinajstić information content (AvgIpc) is 2.75. The number of benzene rings is 1. The highest BCUT2D eigenvalue weighted by molar-refractivity contribution is 9.10. The molecule has 1 aromatic carbocycles. The van der Waals surface area contributed by atoms with Gasteiger partial charge in [-0.1, -0.05) is 6.07 Å². The van der Waals surface area contributed by atoms with Crippen molar-refractivity contribution in [3.8, 4) is 5.75 Å². The first-order valence-electron chi connectivity index (χ1n) is 5.12. The average molecular weight is 297 g/mol. The Bertz CT molecular complexity index is 525. The van der Waals surface area contributed by atoms with E-state index in [9.17, 15) is 5.11 Å². The quantitative estimate of drug-likeness (QED) is 0.945. The minimum atomic E-state index is -0.675. The maximum atomic E-state index is 10.2. The zero-order chi connectivity index (χ0) is 12.4. The molecule has 5 heteroatoms. The summed E-state index contributed by atoms with van der Waals surface area (Å²) in [6.07, 6.45) is 2.77. The van der Waals surface area contributed by atoms with Crippen LogP contribution in [0.1, 0.15) is 17.2 Å². The molecule has 1 heterocycles. The van der Waals surface area contributed by atoms with Crippen molar-refractivity contribution in [2.45, 2.75) is 6.10 Å². The molecule has 90 valence electrons. The first-order chi connectivity index (χ1) is 8.11. The lowest BCUT2D eigenvalue weighted by molar-refractivity contribution is 0.220. The van der Waals surface area contributed by atoms with Gasteiger partial charge in [0.15, 0.2) is 0 Å². The van der Waals surface area contributed by atoms with Crippen molar-refractivity contribution in [2.75, 3.05) is 7.11 Å². The Balaban J connectivity index is 2.31. The van der Waals surface area contributed by atoms with Crippen LogP contribution in [0.15, 0.2) is 35.1 Å². The van der Waals surface area contributed by atoms with Gasteiger partial charge in [0.05, 0.1) is 17.8 Å². The summed E-state index contributed by atoms with van der Waals surface area (Å²) >= 11 is 3.40. The number of hydrogen-bond acceptors (Lipinski definition) is 3. The van der Waals surface area contributed by atoms with Gasteiger partial charge in [-0.05, 0) is 33.6 Å². The lowest BCUT2D eigenvalue weighted by atomic mass is 10.0. The van der Waals surface area contributed by atoms with Crippen LogP contribution in [-0.2, 0) is 7.05 Å². The highest BCUT2D eigenvalue weighted by Crippen LogP contribution is 2.30. The van der Waals surface area contributed by atoms with Gasteiger partial charge in [-0.15, -0.1) is 0 Å². The van der Waals surface area contributed by atoms with Crippen LogP contribution in [-0.4, -0.2) is 22.0 Å². The van der Waals surface area contributed by atoms with Gasteiger partial charge in [0.2, 0.25) is 0 Å². The van der Waals surface area contributed by atoms with Crippen molar-refractivity contribution in [1.82, 2.24) is 9.78 Å². The molecule has 4 nitrogen and oxygen atoms in total. The molecule has 1 aromatic heterocycles. The van der Waals surface area contributed by atoms with E-state index in [2.05, 4.69) is 21.0 Å². The van der Waals surface area contributed by atoms with Gasteiger partial charge in [0, 0.05) is 18.8 Å². The zero-order valence-electron chi connectivity index (χ0n) is 9.59. The third kappa shape index (κ3) is 2.50. The summed E-state index contributed by atoms with van der Waals surface area (Å²) in [7, 11) is 3.43. The predicted molar refractivity (Wildman–Crippen MR) is 68.0 cm³/mol. The molecule has 0 radical (unpaired) electrons. The predicted octanol–water partition coefficient (Wildman–Crippen LogP) is 2.27. The van der Waals surface area contributed by atoms with Crippen LogP contribution in [0, 0.1) is 0 Å². The second kappa shape index (κ2) is 4.89. The second-order valence-corrected chi connectivity index (χ2v) is 4.60. The van der Waals surface area contributed by atoms with E-state index in [0.29, 0.717) is 0 Å². The molecule has 0 spiro atoms. The standard InChI is InChI=1S/C12H13BrN2O2/c1-15-7-9(6-14-15)12(16)8-3-4-11(17-2)10(13)5-8/h3-7,12,16H,1-2H3. The molecule has 2 rings (SSSR count). The number of hydrogen-bond donors (Lipinski definition) is 1. The molecule has 0 amide bonds. The highest BCUT2D eigenvalue weighted by Gasteiger charge is 2.13. The molecular formula is C12H13BrN2O2. The van der Waals surface area contributed by atoms with E-state index in [4.69, 9.17) is 4.74 Å². The van der Waals surface area contributed by atoms with Gasteiger partial charge < -0.3 is 9.84 Å². The molecule has 1 unspecified atom stereocenters. The minimum absolute atomic E-state index is 0.675. The molecule has 17 heavy (non-hydrogen) atoms. The van der Waals surface area contributed by atoms with Crippen molar-refractivity contribution in [3.05, 3.63) is 46.2 Å². The van der Waals surface area contributed by atoms with Crippen LogP contribution < -0.4 is 4.74 Å². The van der Waals surface area contributed by atoms with Gasteiger partial charge in [0.1, 0.15) is 11.9 Å². The third-order valence-corrected chi connectivity index (χ3v) is 3.15. The maximum absolute atomic E-state index is 10.2. The fourth-order valence-corrected chi connectivity index (χ4v) is 2.18. The number of nitrogens with zero attached hydrogens (tertiary/aromatic N) is 2. The number of aryl methyl sites for hydroxylation is 1. The first-order valence-corrected chi connectivity index (χ1v) is 5.91. The Labute approximate surface area is 108 Å². The van der Waals surface area contributed by atoms with Crippen molar-refractivity contribution in [1.29, 1.82) is 0 Å². The third-order valence-electron chi connectivity index (χ3n) is 2.53. The van der Waals surface area contributed by atoms with Gasteiger partial charge >= 0.3 is 0 Å². The Hall–Kier alpha value is -1.33. The van der Waals surface area contributed by atoms with Crippen LogP contribution in [0.3, 0.4) is 0 Å². The lowest BCUT2D eigenvalue weighted by Gasteiger charge is -2.11. The van der Waals surface area contributed by atoms with E-state index in [0.717, 1.165) is 21.3 Å². The number of aliphatic hydroxyl groups is 1. The molecule has 1 atom stereocenters. The van der Waals surface area contributed by atoms with Crippen LogP contribution in [0.25, 0.3) is 0 Å². The molecule has 2 aromatic rings.